The highest BCUT2D eigenvalue weighted by Crippen LogP contribution is 2.39. The van der Waals surface area contributed by atoms with E-state index in [4.69, 9.17) is 5.11 Å². The van der Waals surface area contributed by atoms with Crippen molar-refractivity contribution < 1.29 is 32.7 Å². The Bertz CT molecular complexity index is 1130. The summed E-state index contributed by atoms with van der Waals surface area (Å²) in [4.78, 5) is 48.1. The summed E-state index contributed by atoms with van der Waals surface area (Å²) in [6.45, 7) is 1.97. The molecular weight excluding hydrogens is 445 g/mol. The van der Waals surface area contributed by atoms with Crippen molar-refractivity contribution >= 4 is 35.2 Å². The number of amides is 3. The Hall–Kier alpha value is -3.90. The Morgan fingerprint density at radius 1 is 1.24 bits per heavy atom. The van der Waals surface area contributed by atoms with Gasteiger partial charge in [0, 0.05) is 19.3 Å². The molecule has 0 spiro atoms. The van der Waals surface area contributed by atoms with Crippen LogP contribution in [0.5, 0.6) is 0 Å². The van der Waals surface area contributed by atoms with Crippen molar-refractivity contribution in [2.75, 3.05) is 28.2 Å². The highest BCUT2D eigenvalue weighted by molar-refractivity contribution is 6.05. The van der Waals surface area contributed by atoms with Crippen LogP contribution < -0.4 is 20.4 Å². The third kappa shape index (κ3) is 4.38. The molecule has 3 amide bonds. The van der Waals surface area contributed by atoms with Gasteiger partial charge in [0.2, 0.25) is 0 Å². The second-order valence-electron chi connectivity index (χ2n) is 7.70. The fourth-order valence-corrected chi connectivity index (χ4v) is 3.75. The van der Waals surface area contributed by atoms with Gasteiger partial charge in [0.15, 0.2) is 5.82 Å². The first kappa shape index (κ1) is 22.3. The molecule has 10 nitrogen and oxygen atoms in total. The largest absolute Gasteiger partial charge is 0.478 e. The Kier molecular flexibility index (Phi) is 5.56. The number of alkyl halides is 3. The van der Waals surface area contributed by atoms with Crippen LogP contribution in [0.2, 0.25) is 0 Å². The molecule has 4 heterocycles. The molecule has 2 aromatic rings. The van der Waals surface area contributed by atoms with Crippen molar-refractivity contribution in [1.29, 1.82) is 0 Å². The molecule has 1 fully saturated rings. The number of anilines is 3. The van der Waals surface area contributed by atoms with E-state index < -0.39 is 30.1 Å². The number of nitrogens with zero attached hydrogens (tertiary/aromatic N) is 4. The van der Waals surface area contributed by atoms with Crippen LogP contribution in [-0.2, 0) is 0 Å². The third-order valence-electron chi connectivity index (χ3n) is 5.48. The van der Waals surface area contributed by atoms with Gasteiger partial charge in [0.1, 0.15) is 17.6 Å². The average molecular weight is 464 g/mol. The van der Waals surface area contributed by atoms with Crippen molar-refractivity contribution in [3.05, 3.63) is 41.7 Å². The quantitative estimate of drug-likeness (QED) is 0.634. The maximum absolute atomic E-state index is 13.1. The van der Waals surface area contributed by atoms with Gasteiger partial charge in [-0.1, -0.05) is 0 Å². The molecule has 2 atom stereocenters. The average Bonchev–Trinajstić information content (AvgIpc) is 3.17. The molecule has 33 heavy (non-hydrogen) atoms. The number of carbonyl (C=O) groups is 3. The Morgan fingerprint density at radius 3 is 2.70 bits per heavy atom. The van der Waals surface area contributed by atoms with Crippen LogP contribution in [-0.4, -0.2) is 64.3 Å². The monoisotopic (exact) mass is 464 g/mol. The van der Waals surface area contributed by atoms with E-state index in [0.29, 0.717) is 25.2 Å². The minimum atomic E-state index is -4.61. The zero-order chi connectivity index (χ0) is 23.9. The van der Waals surface area contributed by atoms with Gasteiger partial charge in [-0.15, -0.1) is 0 Å². The number of aromatic nitrogens is 2. The van der Waals surface area contributed by atoms with E-state index in [1.807, 2.05) is 10.2 Å². The number of rotatable bonds is 4. The number of carboxylic acid groups (broad SMARTS) is 1. The molecule has 2 aromatic heterocycles. The number of hydrogen-bond donors (Lipinski definition) is 3. The van der Waals surface area contributed by atoms with Crippen molar-refractivity contribution in [2.24, 2.45) is 0 Å². The van der Waals surface area contributed by atoms with E-state index in [1.54, 1.807) is 6.07 Å². The van der Waals surface area contributed by atoms with Crippen LogP contribution in [0.15, 0.2) is 30.5 Å². The van der Waals surface area contributed by atoms with E-state index in [1.165, 1.54) is 29.3 Å². The van der Waals surface area contributed by atoms with Crippen LogP contribution in [0.25, 0.3) is 0 Å². The molecule has 0 aliphatic carbocycles. The van der Waals surface area contributed by atoms with Gasteiger partial charge in [-0.3, -0.25) is 15.0 Å². The maximum atomic E-state index is 13.1. The fraction of sp³-hybridized carbons (Fsp3) is 0.350. The van der Waals surface area contributed by atoms with E-state index in [-0.39, 0.29) is 28.9 Å². The Morgan fingerprint density at radius 2 is 2.00 bits per heavy atom. The lowest BCUT2D eigenvalue weighted by atomic mass is 10.1. The molecule has 3 N–H and O–H groups in total. The van der Waals surface area contributed by atoms with Gasteiger partial charge in [-0.25, -0.2) is 19.6 Å². The van der Waals surface area contributed by atoms with Crippen molar-refractivity contribution in [3.63, 3.8) is 0 Å². The summed E-state index contributed by atoms with van der Waals surface area (Å²) in [7, 11) is 0. The lowest BCUT2D eigenvalue weighted by Gasteiger charge is -2.35. The van der Waals surface area contributed by atoms with E-state index in [0.717, 1.165) is 6.92 Å². The number of carbonyl (C=O) groups excluding carboxylic acids is 2. The molecule has 4 rings (SSSR count). The molecule has 0 saturated carbocycles. The molecule has 174 valence electrons. The maximum Gasteiger partial charge on any atom is 0.408 e. The van der Waals surface area contributed by atoms with Crippen molar-refractivity contribution in [1.82, 2.24) is 15.3 Å². The van der Waals surface area contributed by atoms with E-state index in [2.05, 4.69) is 15.3 Å². The molecule has 0 aromatic carbocycles. The number of aromatic carboxylic acids is 1. The minimum Gasteiger partial charge on any atom is -0.478 e. The summed E-state index contributed by atoms with van der Waals surface area (Å²) in [5.41, 5.74) is 0.227. The van der Waals surface area contributed by atoms with Crippen LogP contribution in [0.1, 0.15) is 34.2 Å². The number of halogens is 3. The topological polar surface area (TPSA) is 128 Å². The fourth-order valence-electron chi connectivity index (χ4n) is 3.75. The number of fused-ring (bicyclic) bond motifs is 4. The number of carboxylic acids is 1. The summed E-state index contributed by atoms with van der Waals surface area (Å²) in [5.74, 6) is -2.07. The lowest BCUT2D eigenvalue weighted by molar-refractivity contribution is -0.149. The molecule has 2 bridgehead atoms. The standard InChI is InChI=1S/C20H19F3N6O4/c1-10(20(21,22)23)25-17(30)13-2-3-14-16(26-13)29(12-5-7-28(14)9-12)19(33)27-15-8-11(18(31)32)4-6-24-15/h2-4,6,8,10,12H,5,7,9H2,1H3,(H,25,30)(H,31,32)(H,24,27,33)/t10-,12+/m1/s1. The number of hydrogen-bond acceptors (Lipinski definition) is 6. The normalized spacial score (nSPS) is 17.9. The molecular formula is C20H19F3N6O4. The SMILES string of the molecule is C[C@@H](NC(=O)c1ccc2c(n1)N(C(=O)Nc1cc(C(=O)O)ccn1)[C@H]1CCN2C1)C(F)(F)F. The highest BCUT2D eigenvalue weighted by atomic mass is 19.4. The minimum absolute atomic E-state index is 0.00905. The molecule has 13 heteroatoms. The summed E-state index contributed by atoms with van der Waals surface area (Å²) in [6, 6.07) is 2.31. The number of urea groups is 1. The highest BCUT2D eigenvalue weighted by Gasteiger charge is 2.41. The second kappa shape index (κ2) is 8.22. The van der Waals surface area contributed by atoms with Crippen molar-refractivity contribution in [2.45, 2.75) is 31.6 Å². The summed E-state index contributed by atoms with van der Waals surface area (Å²) < 4.78 is 38.5. The number of nitrogens with one attached hydrogen (secondary N) is 2. The number of pyridine rings is 2. The van der Waals surface area contributed by atoms with Gasteiger partial charge in [0.25, 0.3) is 5.91 Å². The first-order valence-corrected chi connectivity index (χ1v) is 9.97. The van der Waals surface area contributed by atoms with Gasteiger partial charge in [-0.05, 0) is 37.6 Å². The molecule has 2 aliphatic heterocycles. The van der Waals surface area contributed by atoms with Gasteiger partial charge >= 0.3 is 18.2 Å². The first-order valence-electron chi connectivity index (χ1n) is 9.97. The van der Waals surface area contributed by atoms with Crippen LogP contribution in [0.4, 0.5) is 35.3 Å². The summed E-state index contributed by atoms with van der Waals surface area (Å²) >= 11 is 0. The third-order valence-corrected chi connectivity index (χ3v) is 5.48. The van der Waals surface area contributed by atoms with Gasteiger partial charge < -0.3 is 15.3 Å². The van der Waals surface area contributed by atoms with Gasteiger partial charge in [0.05, 0.1) is 17.3 Å². The van der Waals surface area contributed by atoms with E-state index >= 15 is 0 Å². The zero-order valence-electron chi connectivity index (χ0n) is 17.3. The van der Waals surface area contributed by atoms with Crippen molar-refractivity contribution in [3.8, 4) is 0 Å². The molecule has 2 aliphatic rings. The predicted octanol–water partition coefficient (Wildman–Crippen LogP) is 2.49. The first-order chi connectivity index (χ1) is 15.5. The Balaban J connectivity index is 1.62. The van der Waals surface area contributed by atoms with Crippen LogP contribution >= 0.6 is 0 Å². The molecule has 1 saturated heterocycles. The lowest BCUT2D eigenvalue weighted by Crippen LogP contribution is -2.49. The van der Waals surface area contributed by atoms with Crippen LogP contribution in [0, 0.1) is 0 Å². The summed E-state index contributed by atoms with van der Waals surface area (Å²) in [6.07, 6.45) is -2.76. The van der Waals surface area contributed by atoms with Gasteiger partial charge in [-0.2, -0.15) is 13.2 Å². The summed E-state index contributed by atoms with van der Waals surface area (Å²) in [5, 5.41) is 13.5. The molecule has 0 radical (unpaired) electrons. The van der Waals surface area contributed by atoms with E-state index in [9.17, 15) is 27.6 Å². The second-order valence-corrected chi connectivity index (χ2v) is 7.70. The molecule has 0 unspecified atom stereocenters. The smallest absolute Gasteiger partial charge is 0.408 e. The van der Waals surface area contributed by atoms with Crippen LogP contribution in [0.3, 0.4) is 0 Å². The Labute approximate surface area is 185 Å². The zero-order valence-corrected chi connectivity index (χ0v) is 17.3. The predicted molar refractivity (Wildman–Crippen MR) is 111 cm³/mol.